The largest absolute Gasteiger partial charge is 0.491 e. The average Bonchev–Trinajstić information content (AvgIpc) is 3.08. The van der Waals surface area contributed by atoms with Gasteiger partial charge in [-0.2, -0.15) is 0 Å². The second-order valence-electron chi connectivity index (χ2n) is 10.5. The summed E-state index contributed by atoms with van der Waals surface area (Å²) < 4.78 is 46.3. The molecule has 46 heavy (non-hydrogen) atoms. The van der Waals surface area contributed by atoms with E-state index in [1.54, 1.807) is 0 Å². The molecule has 1 heterocycles. The monoisotopic (exact) mass is 634 g/mol. The summed E-state index contributed by atoms with van der Waals surface area (Å²) in [7, 11) is 0. The van der Waals surface area contributed by atoms with Crippen molar-refractivity contribution in [3.63, 3.8) is 0 Å². The van der Waals surface area contributed by atoms with Gasteiger partial charge in [0.15, 0.2) is 0 Å². The fourth-order valence-corrected chi connectivity index (χ4v) is 5.14. The Morgan fingerprint density at radius 2 is 0.652 bits per heavy atom. The van der Waals surface area contributed by atoms with Crippen LogP contribution in [0.1, 0.15) is 0 Å². The van der Waals surface area contributed by atoms with Gasteiger partial charge in [-0.25, -0.2) is 0 Å². The molecule has 4 aromatic rings. The van der Waals surface area contributed by atoms with Crippen molar-refractivity contribution in [1.29, 1.82) is 0 Å². The predicted molar refractivity (Wildman–Crippen MR) is 181 cm³/mol. The lowest BCUT2D eigenvalue weighted by atomic mass is 10.1. The van der Waals surface area contributed by atoms with E-state index >= 15 is 0 Å². The third-order valence-corrected chi connectivity index (χ3v) is 7.35. The van der Waals surface area contributed by atoms with E-state index in [0.29, 0.717) is 106 Å². The van der Waals surface area contributed by atoms with E-state index in [-0.39, 0.29) is 0 Å². The van der Waals surface area contributed by atoms with E-state index in [4.69, 9.17) is 37.9 Å². The van der Waals surface area contributed by atoms with Gasteiger partial charge in [0.2, 0.25) is 0 Å². The van der Waals surface area contributed by atoms with Crippen LogP contribution in [-0.4, -0.2) is 106 Å². The van der Waals surface area contributed by atoms with Crippen LogP contribution in [0, 0.1) is 0 Å². The molecule has 2 N–H and O–H groups in total. The third-order valence-electron chi connectivity index (χ3n) is 7.35. The van der Waals surface area contributed by atoms with Crippen molar-refractivity contribution in [2.24, 2.45) is 0 Å². The van der Waals surface area contributed by atoms with Gasteiger partial charge in [0, 0.05) is 46.0 Å². The van der Waals surface area contributed by atoms with Crippen LogP contribution in [0.15, 0.2) is 72.8 Å². The second kappa shape index (κ2) is 19.8. The topological polar surface area (TPSA) is 97.9 Å². The fraction of sp³-hybridized carbons (Fsp3) is 0.444. The molecule has 0 saturated heterocycles. The van der Waals surface area contributed by atoms with Crippen molar-refractivity contribution in [3.8, 4) is 11.5 Å². The maximum Gasteiger partial charge on any atom is 0.127 e. The summed E-state index contributed by atoms with van der Waals surface area (Å²) in [6, 6.07) is 24.5. The van der Waals surface area contributed by atoms with Crippen molar-refractivity contribution in [2.75, 3.05) is 116 Å². The minimum absolute atomic E-state index is 0.441. The van der Waals surface area contributed by atoms with E-state index < -0.39 is 0 Å². The molecule has 0 fully saturated rings. The summed E-state index contributed by atoms with van der Waals surface area (Å²) in [4.78, 5) is 0. The van der Waals surface area contributed by atoms with Crippen LogP contribution in [0.2, 0.25) is 0 Å². The Morgan fingerprint density at radius 1 is 0.326 bits per heavy atom. The minimum Gasteiger partial charge on any atom is -0.491 e. The first-order chi connectivity index (χ1) is 22.9. The molecule has 0 atom stereocenters. The first-order valence-corrected chi connectivity index (χ1v) is 16.1. The molecule has 0 amide bonds. The summed E-state index contributed by atoms with van der Waals surface area (Å²) in [6.45, 7) is 8.50. The number of nitrogens with one attached hydrogen (secondary N) is 2. The van der Waals surface area contributed by atoms with Crippen LogP contribution in [0.3, 0.4) is 0 Å². The van der Waals surface area contributed by atoms with Gasteiger partial charge in [0.25, 0.3) is 0 Å². The summed E-state index contributed by atoms with van der Waals surface area (Å²) in [5.41, 5.74) is 2.16. The molecule has 0 saturated carbocycles. The Morgan fingerprint density at radius 3 is 1.07 bits per heavy atom. The SMILES string of the molecule is c1cc2c3cccc(c3c1)NCCOCCOCCOCCOc1cccc3c(cccc13)OCCOCCOCCOCCN2. The maximum absolute atomic E-state index is 6.03. The molecular formula is C36H46N2O8. The minimum atomic E-state index is 0.441. The smallest absolute Gasteiger partial charge is 0.127 e. The molecule has 0 aliphatic carbocycles. The van der Waals surface area contributed by atoms with E-state index in [9.17, 15) is 0 Å². The Hall–Kier alpha value is -3.64. The van der Waals surface area contributed by atoms with Crippen LogP contribution in [-0.2, 0) is 28.4 Å². The van der Waals surface area contributed by atoms with Gasteiger partial charge < -0.3 is 48.5 Å². The van der Waals surface area contributed by atoms with Crippen molar-refractivity contribution in [1.82, 2.24) is 0 Å². The van der Waals surface area contributed by atoms with Crippen molar-refractivity contribution < 1.29 is 37.9 Å². The van der Waals surface area contributed by atoms with Crippen molar-refractivity contribution in [3.05, 3.63) is 72.8 Å². The zero-order valence-electron chi connectivity index (χ0n) is 26.5. The Bertz CT molecular complexity index is 1240. The normalized spacial score (nSPS) is 18.1. The van der Waals surface area contributed by atoms with Crippen molar-refractivity contribution in [2.45, 2.75) is 0 Å². The lowest BCUT2D eigenvalue weighted by molar-refractivity contribution is 0.0109. The summed E-state index contributed by atoms with van der Waals surface area (Å²) in [6.07, 6.45) is 0. The quantitative estimate of drug-likeness (QED) is 0.262. The van der Waals surface area contributed by atoms with Gasteiger partial charge in [0.05, 0.1) is 79.3 Å². The average molecular weight is 635 g/mol. The Labute approximate surface area is 271 Å². The third kappa shape index (κ3) is 10.7. The van der Waals surface area contributed by atoms with Gasteiger partial charge in [-0.1, -0.05) is 48.5 Å². The highest BCUT2D eigenvalue weighted by Crippen LogP contribution is 2.32. The molecule has 8 bridgehead atoms. The lowest BCUT2D eigenvalue weighted by Gasteiger charge is -2.14. The Balaban J connectivity index is 1.09. The highest BCUT2D eigenvalue weighted by atomic mass is 16.6. The number of hydrogen-bond acceptors (Lipinski definition) is 10. The van der Waals surface area contributed by atoms with Crippen LogP contribution in [0.4, 0.5) is 11.4 Å². The molecule has 248 valence electrons. The summed E-state index contributed by atoms with van der Waals surface area (Å²) >= 11 is 0. The van der Waals surface area contributed by atoms with Crippen LogP contribution >= 0.6 is 0 Å². The highest BCUT2D eigenvalue weighted by Gasteiger charge is 2.08. The van der Waals surface area contributed by atoms with Crippen molar-refractivity contribution >= 4 is 32.9 Å². The van der Waals surface area contributed by atoms with Gasteiger partial charge >= 0.3 is 0 Å². The number of rotatable bonds is 0. The number of ether oxygens (including phenoxy) is 8. The molecule has 0 unspecified atom stereocenters. The molecule has 0 aromatic heterocycles. The standard InChI is InChI=1S/C36H46N2O8/c1-5-29-30-6-2-10-34(29)38-14-16-40-18-20-42-22-24-44-26-28-46-36-12-4-7-31-32(36)8-3-11-35(31)45-27-25-43-23-21-41-19-17-39-15-13-37-33(30)9-1/h1-12,37-38H,13-28H2. The highest BCUT2D eigenvalue weighted by molar-refractivity contribution is 6.01. The van der Waals surface area contributed by atoms with Crippen LogP contribution < -0.4 is 20.1 Å². The molecule has 10 heteroatoms. The second-order valence-corrected chi connectivity index (χ2v) is 10.5. The zero-order valence-corrected chi connectivity index (χ0v) is 26.5. The number of anilines is 2. The molecule has 4 aromatic carbocycles. The van der Waals surface area contributed by atoms with E-state index in [1.165, 1.54) is 0 Å². The van der Waals surface area contributed by atoms with Gasteiger partial charge in [-0.15, -0.1) is 0 Å². The molecule has 1 aliphatic rings. The Kier molecular flexibility index (Phi) is 14.5. The molecule has 1 aliphatic heterocycles. The lowest BCUT2D eigenvalue weighted by Crippen LogP contribution is -2.15. The van der Waals surface area contributed by atoms with Crippen LogP contribution in [0.5, 0.6) is 11.5 Å². The molecule has 10 nitrogen and oxygen atoms in total. The number of hydrogen-bond donors (Lipinski definition) is 2. The molecule has 0 radical (unpaired) electrons. The van der Waals surface area contributed by atoms with E-state index in [2.05, 4.69) is 47.0 Å². The fourth-order valence-electron chi connectivity index (χ4n) is 5.14. The first kappa shape index (κ1) is 33.7. The maximum atomic E-state index is 6.03. The molecular weight excluding hydrogens is 588 g/mol. The van der Waals surface area contributed by atoms with E-state index in [0.717, 1.165) is 44.4 Å². The van der Waals surface area contributed by atoms with Gasteiger partial charge in [-0.3, -0.25) is 0 Å². The van der Waals surface area contributed by atoms with E-state index in [1.807, 2.05) is 36.4 Å². The van der Waals surface area contributed by atoms with Crippen LogP contribution in [0.25, 0.3) is 21.5 Å². The van der Waals surface area contributed by atoms with Gasteiger partial charge in [-0.05, 0) is 24.3 Å². The number of benzene rings is 4. The predicted octanol–water partition coefficient (Wildman–Crippen LogP) is 5.39. The van der Waals surface area contributed by atoms with Gasteiger partial charge in [0.1, 0.15) is 24.7 Å². The first-order valence-electron chi connectivity index (χ1n) is 16.1. The zero-order chi connectivity index (χ0) is 31.5. The molecule has 0 spiro atoms. The molecule has 5 rings (SSSR count). The summed E-state index contributed by atoms with van der Waals surface area (Å²) in [5.74, 6) is 1.59. The summed E-state index contributed by atoms with van der Waals surface area (Å²) in [5, 5.41) is 11.3.